The van der Waals surface area contributed by atoms with Gasteiger partial charge in [-0.25, -0.2) is 0 Å². The van der Waals surface area contributed by atoms with Gasteiger partial charge < -0.3 is 9.64 Å². The fraction of sp³-hybridized carbons (Fsp3) is 0.300. The van der Waals surface area contributed by atoms with Crippen LogP contribution in [-0.4, -0.2) is 42.9 Å². The molecule has 2 aromatic carbocycles. The van der Waals surface area contributed by atoms with Crippen molar-refractivity contribution in [2.45, 2.75) is 13.8 Å². The van der Waals surface area contributed by atoms with Gasteiger partial charge in [0.05, 0.1) is 18.8 Å². The van der Waals surface area contributed by atoms with E-state index in [2.05, 4.69) is 34.2 Å². The first-order valence-electron chi connectivity index (χ1n) is 8.51. The number of benzene rings is 2. The van der Waals surface area contributed by atoms with E-state index in [4.69, 9.17) is 9.84 Å². The van der Waals surface area contributed by atoms with E-state index in [9.17, 15) is 4.79 Å². The lowest BCUT2D eigenvalue weighted by atomic mass is 10.1. The Balaban J connectivity index is 1.59. The molecule has 1 heterocycles. The maximum atomic E-state index is 11.0. The predicted molar refractivity (Wildman–Crippen MR) is 100 cm³/mol. The van der Waals surface area contributed by atoms with Crippen LogP contribution in [0.15, 0.2) is 59.7 Å². The zero-order valence-corrected chi connectivity index (χ0v) is 14.7. The lowest BCUT2D eigenvalue weighted by Crippen LogP contribution is -2.44. The van der Waals surface area contributed by atoms with E-state index in [1.54, 1.807) is 12.1 Å². The third-order valence-electron chi connectivity index (χ3n) is 4.20. The summed E-state index contributed by atoms with van der Waals surface area (Å²) in [6, 6.07) is 17.9. The number of carbonyl (C=O) groups is 1. The van der Waals surface area contributed by atoms with Crippen molar-refractivity contribution in [2.75, 3.05) is 31.1 Å². The highest BCUT2D eigenvalue weighted by molar-refractivity contribution is 5.98. The first-order valence-corrected chi connectivity index (χ1v) is 8.51. The predicted octanol–water partition coefficient (Wildman–Crippen LogP) is 3.16. The van der Waals surface area contributed by atoms with Crippen molar-refractivity contribution in [1.82, 2.24) is 5.01 Å². The van der Waals surface area contributed by atoms with Gasteiger partial charge in [0.25, 0.3) is 0 Å². The summed E-state index contributed by atoms with van der Waals surface area (Å²) in [5.41, 5.74) is 3.26. The van der Waals surface area contributed by atoms with Gasteiger partial charge in [-0.05, 0) is 48.9 Å². The van der Waals surface area contributed by atoms with Crippen LogP contribution in [0.25, 0.3) is 0 Å². The number of esters is 1. The molecule has 0 aromatic heterocycles. The quantitative estimate of drug-likeness (QED) is 0.488. The summed E-state index contributed by atoms with van der Waals surface area (Å²) in [5.74, 6) is 0.245. The van der Waals surface area contributed by atoms with Crippen LogP contribution in [0.3, 0.4) is 0 Å². The van der Waals surface area contributed by atoms with Gasteiger partial charge in [-0.1, -0.05) is 18.2 Å². The van der Waals surface area contributed by atoms with Crippen molar-refractivity contribution < 1.29 is 9.53 Å². The Bertz CT molecular complexity index is 733. The number of nitrogens with zero attached hydrogens (tertiary/aromatic N) is 3. The van der Waals surface area contributed by atoms with Crippen molar-refractivity contribution in [2.24, 2.45) is 5.10 Å². The summed E-state index contributed by atoms with van der Waals surface area (Å²) in [7, 11) is 0. The molecule has 0 amide bonds. The molecule has 0 spiro atoms. The van der Waals surface area contributed by atoms with Gasteiger partial charge >= 0.3 is 5.97 Å². The van der Waals surface area contributed by atoms with E-state index in [1.807, 2.05) is 25.1 Å². The van der Waals surface area contributed by atoms with Gasteiger partial charge in [-0.3, -0.25) is 9.80 Å². The molecular formula is C20H23N3O2. The highest BCUT2D eigenvalue weighted by atomic mass is 16.5. The number of carbonyl (C=O) groups excluding carboxylic acids is 1. The van der Waals surface area contributed by atoms with E-state index >= 15 is 0 Å². The van der Waals surface area contributed by atoms with Crippen LogP contribution in [0.4, 0.5) is 5.69 Å². The SMILES string of the molecule is CC(=O)Oc1ccc(/C(C)=N\N2CCN(c3ccccc3)CC2)cc1. The lowest BCUT2D eigenvalue weighted by Gasteiger charge is -2.34. The van der Waals surface area contributed by atoms with Crippen molar-refractivity contribution in [1.29, 1.82) is 0 Å². The maximum Gasteiger partial charge on any atom is 0.308 e. The molecule has 0 aliphatic carbocycles. The molecule has 1 saturated heterocycles. The average molecular weight is 337 g/mol. The average Bonchev–Trinajstić information content (AvgIpc) is 2.63. The monoisotopic (exact) mass is 337 g/mol. The summed E-state index contributed by atoms with van der Waals surface area (Å²) >= 11 is 0. The van der Waals surface area contributed by atoms with Gasteiger partial charge in [-0.15, -0.1) is 0 Å². The van der Waals surface area contributed by atoms with Crippen molar-refractivity contribution in [3.8, 4) is 5.75 Å². The van der Waals surface area contributed by atoms with E-state index in [1.165, 1.54) is 12.6 Å². The number of hydrogen-bond acceptors (Lipinski definition) is 5. The Hall–Kier alpha value is -2.82. The molecule has 1 aliphatic rings. The molecule has 0 N–H and O–H groups in total. The molecule has 0 atom stereocenters. The Morgan fingerprint density at radius 2 is 1.56 bits per heavy atom. The van der Waals surface area contributed by atoms with Crippen LogP contribution in [0.2, 0.25) is 0 Å². The van der Waals surface area contributed by atoms with Gasteiger partial charge in [0.1, 0.15) is 5.75 Å². The summed E-state index contributed by atoms with van der Waals surface area (Å²) in [6.07, 6.45) is 0. The molecule has 25 heavy (non-hydrogen) atoms. The topological polar surface area (TPSA) is 45.1 Å². The highest BCUT2D eigenvalue weighted by Gasteiger charge is 2.16. The van der Waals surface area contributed by atoms with Crippen LogP contribution >= 0.6 is 0 Å². The smallest absolute Gasteiger partial charge is 0.308 e. The Morgan fingerprint density at radius 1 is 0.920 bits per heavy atom. The molecule has 0 unspecified atom stereocenters. The Morgan fingerprint density at radius 3 is 2.16 bits per heavy atom. The van der Waals surface area contributed by atoms with Crippen molar-refractivity contribution in [3.63, 3.8) is 0 Å². The summed E-state index contributed by atoms with van der Waals surface area (Å²) in [5, 5.41) is 6.86. The molecule has 5 heteroatoms. The van der Waals surface area contributed by atoms with Crippen LogP contribution in [-0.2, 0) is 4.79 Å². The molecule has 0 radical (unpaired) electrons. The number of anilines is 1. The zero-order chi connectivity index (χ0) is 17.6. The third-order valence-corrected chi connectivity index (χ3v) is 4.20. The number of hydrazone groups is 1. The lowest BCUT2D eigenvalue weighted by molar-refractivity contribution is -0.131. The number of rotatable bonds is 4. The Kier molecular flexibility index (Phi) is 5.33. The molecule has 2 aromatic rings. The number of hydrogen-bond donors (Lipinski definition) is 0. The second kappa shape index (κ2) is 7.83. The maximum absolute atomic E-state index is 11.0. The van der Waals surface area contributed by atoms with Crippen molar-refractivity contribution in [3.05, 3.63) is 60.2 Å². The summed E-state index contributed by atoms with van der Waals surface area (Å²) in [6.45, 7) is 7.13. The van der Waals surface area contributed by atoms with Gasteiger partial charge in [0.15, 0.2) is 0 Å². The fourth-order valence-electron chi connectivity index (χ4n) is 2.89. The first-order chi connectivity index (χ1) is 12.1. The molecule has 1 fully saturated rings. The molecule has 0 bridgehead atoms. The second-order valence-electron chi connectivity index (χ2n) is 6.08. The third kappa shape index (κ3) is 4.59. The van der Waals surface area contributed by atoms with Crippen molar-refractivity contribution >= 4 is 17.4 Å². The standard InChI is InChI=1S/C20H23N3O2/c1-16(18-8-10-20(11-9-18)25-17(2)24)21-23-14-12-22(13-15-23)19-6-4-3-5-7-19/h3-11H,12-15H2,1-2H3/b21-16-. The van der Waals surface area contributed by atoms with Gasteiger partial charge in [-0.2, -0.15) is 5.10 Å². The van der Waals surface area contributed by atoms with Crippen LogP contribution in [0, 0.1) is 0 Å². The minimum absolute atomic E-state index is 0.311. The number of piperazine rings is 1. The molecule has 0 saturated carbocycles. The normalized spacial score (nSPS) is 15.2. The van der Waals surface area contributed by atoms with E-state index < -0.39 is 0 Å². The minimum Gasteiger partial charge on any atom is -0.427 e. The van der Waals surface area contributed by atoms with Gasteiger partial charge in [0, 0.05) is 25.7 Å². The van der Waals surface area contributed by atoms with E-state index in [0.717, 1.165) is 37.5 Å². The zero-order valence-electron chi connectivity index (χ0n) is 14.7. The van der Waals surface area contributed by atoms with Crippen LogP contribution < -0.4 is 9.64 Å². The molecule has 5 nitrogen and oxygen atoms in total. The highest BCUT2D eigenvalue weighted by Crippen LogP contribution is 2.17. The largest absolute Gasteiger partial charge is 0.427 e. The number of ether oxygens (including phenoxy) is 1. The van der Waals surface area contributed by atoms with Crippen LogP contribution in [0.1, 0.15) is 19.4 Å². The van der Waals surface area contributed by atoms with Crippen LogP contribution in [0.5, 0.6) is 5.75 Å². The van der Waals surface area contributed by atoms with E-state index in [-0.39, 0.29) is 5.97 Å². The molecule has 1 aliphatic heterocycles. The fourth-order valence-corrected chi connectivity index (χ4v) is 2.89. The summed E-state index contributed by atoms with van der Waals surface area (Å²) < 4.78 is 5.06. The van der Waals surface area contributed by atoms with E-state index in [0.29, 0.717) is 5.75 Å². The summed E-state index contributed by atoms with van der Waals surface area (Å²) in [4.78, 5) is 13.4. The minimum atomic E-state index is -0.311. The molecule has 3 rings (SSSR count). The molecule has 130 valence electrons. The first kappa shape index (κ1) is 17.0. The second-order valence-corrected chi connectivity index (χ2v) is 6.08. The Labute approximate surface area is 148 Å². The molecular weight excluding hydrogens is 314 g/mol. The van der Waals surface area contributed by atoms with Gasteiger partial charge in [0.2, 0.25) is 0 Å². The number of para-hydroxylation sites is 1.